The molecule has 1 N–H and O–H groups in total. The Balaban J connectivity index is 2.23. The summed E-state index contributed by atoms with van der Waals surface area (Å²) in [6, 6.07) is 0.433. The predicted molar refractivity (Wildman–Crippen MR) is 52.8 cm³/mol. The van der Waals surface area contributed by atoms with E-state index in [0.29, 0.717) is 6.04 Å². The first-order chi connectivity index (χ1) is 6.11. The molecule has 0 aliphatic carbocycles. The molecule has 0 aromatic heterocycles. The van der Waals surface area contributed by atoms with E-state index >= 15 is 0 Å². The molecule has 0 aromatic rings. The quantitative estimate of drug-likeness (QED) is 0.693. The van der Waals surface area contributed by atoms with E-state index in [4.69, 9.17) is 4.74 Å². The Hall–Kier alpha value is -0.120. The SMILES string of the molecule is CCCC1(O)CN(C(C)COC)C1. The zero-order valence-electron chi connectivity index (χ0n) is 8.92. The molecule has 13 heavy (non-hydrogen) atoms. The van der Waals surface area contributed by atoms with E-state index in [1.165, 1.54) is 0 Å². The van der Waals surface area contributed by atoms with Gasteiger partial charge in [0.15, 0.2) is 0 Å². The number of β-amino-alcohol motifs (C(OH)–C–C–N with tert-alkyl or cyclic N) is 1. The molecule has 0 spiro atoms. The van der Waals surface area contributed by atoms with Crippen LogP contribution in [0.4, 0.5) is 0 Å². The zero-order valence-corrected chi connectivity index (χ0v) is 8.92. The van der Waals surface area contributed by atoms with Crippen molar-refractivity contribution in [1.29, 1.82) is 0 Å². The maximum Gasteiger partial charge on any atom is 0.0900 e. The summed E-state index contributed by atoms with van der Waals surface area (Å²) in [5.74, 6) is 0. The number of methoxy groups -OCH3 is 1. The summed E-state index contributed by atoms with van der Waals surface area (Å²) in [4.78, 5) is 2.26. The first kappa shape index (κ1) is 11.0. The van der Waals surface area contributed by atoms with Gasteiger partial charge < -0.3 is 9.84 Å². The van der Waals surface area contributed by atoms with Gasteiger partial charge in [-0.15, -0.1) is 0 Å². The normalized spacial score (nSPS) is 24.0. The van der Waals surface area contributed by atoms with E-state index < -0.39 is 5.60 Å². The van der Waals surface area contributed by atoms with Crippen LogP contribution in [0, 0.1) is 0 Å². The molecule has 1 aliphatic heterocycles. The second-order valence-electron chi connectivity index (χ2n) is 4.18. The number of likely N-dealkylation sites (tertiary alicyclic amines) is 1. The summed E-state index contributed by atoms with van der Waals surface area (Å²) in [5, 5.41) is 9.92. The van der Waals surface area contributed by atoms with Crippen molar-refractivity contribution in [2.24, 2.45) is 0 Å². The van der Waals surface area contributed by atoms with Gasteiger partial charge in [-0.3, -0.25) is 4.90 Å². The fourth-order valence-electron chi connectivity index (χ4n) is 1.99. The van der Waals surface area contributed by atoms with Crippen LogP contribution in [0.1, 0.15) is 26.7 Å². The largest absolute Gasteiger partial charge is 0.387 e. The van der Waals surface area contributed by atoms with Crippen molar-refractivity contribution in [3.8, 4) is 0 Å². The highest BCUT2D eigenvalue weighted by molar-refractivity contribution is 4.96. The average Bonchev–Trinajstić information content (AvgIpc) is 2.01. The Morgan fingerprint density at radius 2 is 2.15 bits per heavy atom. The van der Waals surface area contributed by atoms with Crippen LogP contribution in [0.25, 0.3) is 0 Å². The number of hydrogen-bond donors (Lipinski definition) is 1. The van der Waals surface area contributed by atoms with Gasteiger partial charge in [0.25, 0.3) is 0 Å². The fraction of sp³-hybridized carbons (Fsp3) is 1.00. The second kappa shape index (κ2) is 4.40. The molecular formula is C10H21NO2. The molecule has 1 atom stereocenters. The molecule has 3 heteroatoms. The first-order valence-electron chi connectivity index (χ1n) is 5.06. The van der Waals surface area contributed by atoms with Gasteiger partial charge in [-0.05, 0) is 13.3 Å². The van der Waals surface area contributed by atoms with Gasteiger partial charge in [0.05, 0.1) is 12.2 Å². The van der Waals surface area contributed by atoms with Crippen molar-refractivity contribution < 1.29 is 9.84 Å². The molecule has 0 radical (unpaired) electrons. The number of hydrogen-bond acceptors (Lipinski definition) is 3. The van der Waals surface area contributed by atoms with Crippen LogP contribution in [0.2, 0.25) is 0 Å². The third kappa shape index (κ3) is 2.66. The summed E-state index contributed by atoms with van der Waals surface area (Å²) < 4.78 is 5.07. The molecule has 1 rings (SSSR count). The minimum atomic E-state index is -0.406. The maximum atomic E-state index is 9.92. The Bertz CT molecular complexity index is 155. The summed E-state index contributed by atoms with van der Waals surface area (Å²) >= 11 is 0. The molecule has 0 bridgehead atoms. The van der Waals surface area contributed by atoms with Crippen LogP contribution in [0.3, 0.4) is 0 Å². The summed E-state index contributed by atoms with van der Waals surface area (Å²) in [7, 11) is 1.72. The third-order valence-electron chi connectivity index (χ3n) is 2.74. The van der Waals surface area contributed by atoms with Gasteiger partial charge in [-0.25, -0.2) is 0 Å². The molecule has 0 saturated carbocycles. The Morgan fingerprint density at radius 3 is 2.62 bits per heavy atom. The zero-order chi connectivity index (χ0) is 9.90. The molecular weight excluding hydrogens is 166 g/mol. The lowest BCUT2D eigenvalue weighted by Gasteiger charge is -2.49. The molecule has 0 amide bonds. The minimum absolute atomic E-state index is 0.406. The van der Waals surface area contributed by atoms with E-state index in [9.17, 15) is 5.11 Å². The van der Waals surface area contributed by atoms with E-state index in [2.05, 4.69) is 18.7 Å². The average molecular weight is 187 g/mol. The van der Waals surface area contributed by atoms with Gasteiger partial charge in [-0.2, -0.15) is 0 Å². The van der Waals surface area contributed by atoms with Crippen molar-refractivity contribution in [2.45, 2.75) is 38.3 Å². The number of aliphatic hydroxyl groups is 1. The Morgan fingerprint density at radius 1 is 1.54 bits per heavy atom. The van der Waals surface area contributed by atoms with E-state index in [1.54, 1.807) is 7.11 Å². The lowest BCUT2D eigenvalue weighted by atomic mass is 9.88. The van der Waals surface area contributed by atoms with Crippen LogP contribution in [0.5, 0.6) is 0 Å². The van der Waals surface area contributed by atoms with Gasteiger partial charge >= 0.3 is 0 Å². The summed E-state index contributed by atoms with van der Waals surface area (Å²) in [6.45, 7) is 6.62. The monoisotopic (exact) mass is 187 g/mol. The predicted octanol–water partition coefficient (Wildman–Crippen LogP) is 0.868. The lowest BCUT2D eigenvalue weighted by Crippen LogP contribution is -2.64. The fourth-order valence-corrected chi connectivity index (χ4v) is 1.99. The Kier molecular flexibility index (Phi) is 3.71. The summed E-state index contributed by atoms with van der Waals surface area (Å²) in [6.07, 6.45) is 1.98. The van der Waals surface area contributed by atoms with E-state index in [0.717, 1.165) is 32.5 Å². The van der Waals surface area contributed by atoms with Crippen molar-refractivity contribution in [1.82, 2.24) is 4.90 Å². The maximum absolute atomic E-state index is 9.92. The van der Waals surface area contributed by atoms with Crippen LogP contribution in [-0.2, 0) is 4.74 Å². The van der Waals surface area contributed by atoms with Gasteiger partial charge in [-0.1, -0.05) is 13.3 Å². The molecule has 1 saturated heterocycles. The molecule has 1 fully saturated rings. The minimum Gasteiger partial charge on any atom is -0.387 e. The molecule has 1 aliphatic rings. The van der Waals surface area contributed by atoms with Crippen molar-refractivity contribution in [2.75, 3.05) is 26.8 Å². The summed E-state index contributed by atoms with van der Waals surface area (Å²) in [5.41, 5.74) is -0.406. The van der Waals surface area contributed by atoms with Crippen molar-refractivity contribution in [3.63, 3.8) is 0 Å². The highest BCUT2D eigenvalue weighted by atomic mass is 16.5. The molecule has 1 unspecified atom stereocenters. The topological polar surface area (TPSA) is 32.7 Å². The smallest absolute Gasteiger partial charge is 0.0900 e. The molecule has 1 heterocycles. The number of nitrogens with zero attached hydrogens (tertiary/aromatic N) is 1. The van der Waals surface area contributed by atoms with Crippen molar-refractivity contribution in [3.05, 3.63) is 0 Å². The van der Waals surface area contributed by atoms with Crippen LogP contribution >= 0.6 is 0 Å². The van der Waals surface area contributed by atoms with Gasteiger partial charge in [0.1, 0.15) is 0 Å². The van der Waals surface area contributed by atoms with Crippen LogP contribution in [0.15, 0.2) is 0 Å². The van der Waals surface area contributed by atoms with E-state index in [1.807, 2.05) is 0 Å². The van der Waals surface area contributed by atoms with Crippen molar-refractivity contribution >= 4 is 0 Å². The highest BCUT2D eigenvalue weighted by Crippen LogP contribution is 2.27. The number of ether oxygens (including phenoxy) is 1. The first-order valence-corrected chi connectivity index (χ1v) is 5.06. The second-order valence-corrected chi connectivity index (χ2v) is 4.18. The molecule has 0 aromatic carbocycles. The molecule has 78 valence electrons. The van der Waals surface area contributed by atoms with E-state index in [-0.39, 0.29) is 0 Å². The number of rotatable bonds is 5. The van der Waals surface area contributed by atoms with Gasteiger partial charge in [0.2, 0.25) is 0 Å². The molecule has 3 nitrogen and oxygen atoms in total. The van der Waals surface area contributed by atoms with Gasteiger partial charge in [0, 0.05) is 26.2 Å². The third-order valence-corrected chi connectivity index (χ3v) is 2.74. The highest BCUT2D eigenvalue weighted by Gasteiger charge is 2.41. The lowest BCUT2D eigenvalue weighted by molar-refractivity contribution is -0.124. The standard InChI is InChI=1S/C10H21NO2/c1-4-5-10(12)7-11(8-10)9(2)6-13-3/h9,12H,4-8H2,1-3H3. The van der Waals surface area contributed by atoms with Crippen LogP contribution < -0.4 is 0 Å². The Labute approximate surface area is 80.7 Å². The van der Waals surface area contributed by atoms with Crippen LogP contribution in [-0.4, -0.2) is 48.5 Å².